The lowest BCUT2D eigenvalue weighted by Gasteiger charge is -2.22. The minimum absolute atomic E-state index is 0.0456. The summed E-state index contributed by atoms with van der Waals surface area (Å²) in [6, 6.07) is 10.8. The van der Waals surface area contributed by atoms with Crippen molar-refractivity contribution >= 4 is 11.8 Å². The largest absolute Gasteiger partial charge is 0.383 e. The van der Waals surface area contributed by atoms with E-state index in [1.165, 1.54) is 0 Å². The van der Waals surface area contributed by atoms with Crippen LogP contribution in [0.1, 0.15) is 12.5 Å². The second kappa shape index (κ2) is 6.78. The van der Waals surface area contributed by atoms with Gasteiger partial charge in [0.15, 0.2) is 5.82 Å². The first-order valence-electron chi connectivity index (χ1n) is 7.81. The molecule has 130 valence electrons. The van der Waals surface area contributed by atoms with Crippen LogP contribution in [0.4, 0.5) is 10.6 Å². The van der Waals surface area contributed by atoms with Gasteiger partial charge < -0.3 is 10.4 Å². The summed E-state index contributed by atoms with van der Waals surface area (Å²) in [5, 5.41) is 24.1. The molecule has 0 radical (unpaired) electrons. The fourth-order valence-electron chi connectivity index (χ4n) is 2.33. The number of nitrogens with zero attached hydrogens (tertiary/aromatic N) is 4. The number of para-hydroxylation sites is 1. The minimum atomic E-state index is -1.21. The van der Waals surface area contributed by atoms with Crippen molar-refractivity contribution in [3.8, 4) is 5.69 Å². The van der Waals surface area contributed by atoms with Crippen LogP contribution in [0.5, 0.6) is 0 Å². The van der Waals surface area contributed by atoms with Gasteiger partial charge in [0.1, 0.15) is 5.60 Å². The number of aromatic nitrogens is 4. The van der Waals surface area contributed by atoms with Gasteiger partial charge in [-0.2, -0.15) is 5.10 Å². The Balaban J connectivity index is 1.57. The molecule has 8 heteroatoms. The first-order chi connectivity index (χ1) is 11.9. The Morgan fingerprint density at radius 3 is 2.72 bits per heavy atom. The number of rotatable bonds is 5. The zero-order valence-corrected chi connectivity index (χ0v) is 14.0. The maximum Gasteiger partial charge on any atom is 0.320 e. The molecule has 2 aromatic heterocycles. The number of hydrogen-bond acceptors (Lipinski definition) is 4. The first-order valence-corrected chi connectivity index (χ1v) is 7.81. The lowest BCUT2D eigenvalue weighted by atomic mass is 10.00. The Bertz CT molecular complexity index is 853. The van der Waals surface area contributed by atoms with E-state index in [-0.39, 0.29) is 6.54 Å². The van der Waals surface area contributed by atoms with Crippen LogP contribution < -0.4 is 10.6 Å². The summed E-state index contributed by atoms with van der Waals surface area (Å²) in [6.45, 7) is 1.67. The molecule has 0 spiro atoms. The van der Waals surface area contributed by atoms with E-state index in [1.807, 2.05) is 30.3 Å². The van der Waals surface area contributed by atoms with Crippen LogP contribution in [-0.4, -0.2) is 37.2 Å². The molecule has 2 heterocycles. The van der Waals surface area contributed by atoms with Crippen LogP contribution in [0.15, 0.2) is 55.0 Å². The van der Waals surface area contributed by atoms with Crippen LogP contribution in [0.25, 0.3) is 5.69 Å². The molecule has 25 heavy (non-hydrogen) atoms. The van der Waals surface area contributed by atoms with Gasteiger partial charge >= 0.3 is 6.03 Å². The first kappa shape index (κ1) is 16.7. The molecule has 0 saturated heterocycles. The Hall–Kier alpha value is -3.13. The van der Waals surface area contributed by atoms with Gasteiger partial charge in [-0.05, 0) is 19.1 Å². The van der Waals surface area contributed by atoms with Crippen LogP contribution in [0.2, 0.25) is 0 Å². The minimum Gasteiger partial charge on any atom is -0.383 e. The van der Waals surface area contributed by atoms with Crippen molar-refractivity contribution in [1.82, 2.24) is 24.9 Å². The topological polar surface area (TPSA) is 97.0 Å². The number of carbonyl (C=O) groups is 1. The normalized spacial score (nSPS) is 13.2. The van der Waals surface area contributed by atoms with E-state index in [0.717, 1.165) is 5.69 Å². The van der Waals surface area contributed by atoms with Crippen LogP contribution >= 0.6 is 0 Å². The summed E-state index contributed by atoms with van der Waals surface area (Å²) in [5.41, 5.74) is 0.314. The maximum atomic E-state index is 12.0. The number of amides is 2. The van der Waals surface area contributed by atoms with Gasteiger partial charge in [-0.1, -0.05) is 18.2 Å². The highest BCUT2D eigenvalue weighted by molar-refractivity contribution is 5.88. The van der Waals surface area contributed by atoms with E-state index < -0.39 is 11.6 Å². The molecule has 1 atom stereocenters. The van der Waals surface area contributed by atoms with E-state index in [4.69, 9.17) is 0 Å². The Kier molecular flexibility index (Phi) is 4.53. The summed E-state index contributed by atoms with van der Waals surface area (Å²) >= 11 is 0. The molecule has 0 fully saturated rings. The highest BCUT2D eigenvalue weighted by atomic mass is 16.3. The Morgan fingerprint density at radius 2 is 2.04 bits per heavy atom. The molecule has 3 aromatic rings. The number of anilines is 1. The highest BCUT2D eigenvalue weighted by Gasteiger charge is 2.25. The zero-order valence-electron chi connectivity index (χ0n) is 14.0. The third-order valence-electron chi connectivity index (χ3n) is 3.77. The van der Waals surface area contributed by atoms with Crippen molar-refractivity contribution < 1.29 is 9.90 Å². The van der Waals surface area contributed by atoms with Gasteiger partial charge in [0.25, 0.3) is 0 Å². The molecule has 0 unspecified atom stereocenters. The van der Waals surface area contributed by atoms with E-state index in [1.54, 1.807) is 48.0 Å². The number of aliphatic hydroxyl groups is 1. The molecule has 0 aliphatic heterocycles. The fourth-order valence-corrected chi connectivity index (χ4v) is 2.33. The third-order valence-corrected chi connectivity index (χ3v) is 3.77. The molecule has 3 rings (SSSR count). The third kappa shape index (κ3) is 4.04. The van der Waals surface area contributed by atoms with Gasteiger partial charge in [0.2, 0.25) is 0 Å². The van der Waals surface area contributed by atoms with E-state index in [0.29, 0.717) is 11.4 Å². The van der Waals surface area contributed by atoms with E-state index >= 15 is 0 Å². The second-order valence-electron chi connectivity index (χ2n) is 5.97. The molecule has 2 amide bonds. The average molecular weight is 340 g/mol. The SMILES string of the molecule is Cn1cc([C@](C)(O)CNC(=O)Nc2ccn(-c3ccccc3)n2)cn1. The van der Waals surface area contributed by atoms with E-state index in [9.17, 15) is 9.90 Å². The number of benzene rings is 1. The lowest BCUT2D eigenvalue weighted by Crippen LogP contribution is -2.40. The number of carbonyl (C=O) groups excluding carboxylic acids is 1. The van der Waals surface area contributed by atoms with Crippen molar-refractivity contribution in [2.45, 2.75) is 12.5 Å². The fraction of sp³-hybridized carbons (Fsp3) is 0.235. The quantitative estimate of drug-likeness (QED) is 0.658. The summed E-state index contributed by atoms with van der Waals surface area (Å²) in [5.74, 6) is 0.419. The van der Waals surface area contributed by atoms with Gasteiger partial charge in [-0.25, -0.2) is 9.48 Å². The number of nitrogens with one attached hydrogen (secondary N) is 2. The molecular weight excluding hydrogens is 320 g/mol. The highest BCUT2D eigenvalue weighted by Crippen LogP contribution is 2.18. The number of aryl methyl sites for hydroxylation is 1. The second-order valence-corrected chi connectivity index (χ2v) is 5.97. The van der Waals surface area contributed by atoms with Crippen LogP contribution in [0, 0.1) is 0 Å². The van der Waals surface area contributed by atoms with Crippen molar-refractivity contribution in [2.75, 3.05) is 11.9 Å². The van der Waals surface area contributed by atoms with Crippen LogP contribution in [0.3, 0.4) is 0 Å². The van der Waals surface area contributed by atoms with Gasteiger partial charge in [0.05, 0.1) is 18.4 Å². The monoisotopic (exact) mass is 340 g/mol. The van der Waals surface area contributed by atoms with Gasteiger partial charge in [-0.3, -0.25) is 10.00 Å². The molecule has 8 nitrogen and oxygen atoms in total. The van der Waals surface area contributed by atoms with Crippen LogP contribution in [-0.2, 0) is 12.6 Å². The summed E-state index contributed by atoms with van der Waals surface area (Å²) in [4.78, 5) is 12.0. The van der Waals surface area contributed by atoms with Crippen molar-refractivity contribution in [1.29, 1.82) is 0 Å². The standard InChI is InChI=1S/C17H20N6O2/c1-17(25,13-10-19-22(2)11-13)12-18-16(24)20-15-8-9-23(21-15)14-6-4-3-5-7-14/h3-11,25H,12H2,1-2H3,(H2,18,20,21,24)/t17-/m1/s1. The molecule has 0 saturated carbocycles. The Labute approximate surface area is 145 Å². The number of hydrogen-bond donors (Lipinski definition) is 3. The van der Waals surface area contributed by atoms with E-state index in [2.05, 4.69) is 20.8 Å². The molecule has 3 N–H and O–H groups in total. The molecule has 0 aliphatic carbocycles. The van der Waals surface area contributed by atoms with Gasteiger partial charge in [-0.15, -0.1) is 5.10 Å². The van der Waals surface area contributed by atoms with Crippen molar-refractivity contribution in [3.05, 3.63) is 60.6 Å². The Morgan fingerprint density at radius 1 is 1.28 bits per heavy atom. The zero-order chi connectivity index (χ0) is 17.9. The summed E-state index contributed by atoms with van der Waals surface area (Å²) < 4.78 is 3.27. The molecule has 1 aromatic carbocycles. The number of urea groups is 1. The smallest absolute Gasteiger partial charge is 0.320 e. The van der Waals surface area contributed by atoms with Gasteiger partial charge in [0, 0.05) is 31.1 Å². The van der Waals surface area contributed by atoms with Crippen molar-refractivity contribution in [2.24, 2.45) is 7.05 Å². The molecule has 0 bridgehead atoms. The summed E-state index contributed by atoms with van der Waals surface area (Å²) in [6.07, 6.45) is 5.04. The molecule has 0 aliphatic rings. The van der Waals surface area contributed by atoms with Crippen molar-refractivity contribution in [3.63, 3.8) is 0 Å². The maximum absolute atomic E-state index is 12.0. The summed E-state index contributed by atoms with van der Waals surface area (Å²) in [7, 11) is 1.77. The predicted molar refractivity (Wildman–Crippen MR) is 93.4 cm³/mol. The average Bonchev–Trinajstić information content (AvgIpc) is 3.23. The molecular formula is C17H20N6O2. The predicted octanol–water partition coefficient (Wildman–Crippen LogP) is 1.63. The lowest BCUT2D eigenvalue weighted by molar-refractivity contribution is 0.0599.